The molecule has 17 heavy (non-hydrogen) atoms. The van der Waals surface area contributed by atoms with Gasteiger partial charge in [-0.1, -0.05) is 18.6 Å². The third-order valence-corrected chi connectivity index (χ3v) is 3.61. The molecule has 1 aromatic heterocycles. The van der Waals surface area contributed by atoms with Gasteiger partial charge in [0.1, 0.15) is 0 Å². The fraction of sp³-hybridized carbons (Fsp3) is 0.357. The van der Waals surface area contributed by atoms with E-state index in [4.69, 9.17) is 0 Å². The molecule has 1 fully saturated rings. The van der Waals surface area contributed by atoms with Gasteiger partial charge in [0.05, 0.1) is 11.1 Å². The van der Waals surface area contributed by atoms with Crippen molar-refractivity contribution in [3.63, 3.8) is 0 Å². The first-order valence-electron chi connectivity index (χ1n) is 6.19. The van der Waals surface area contributed by atoms with E-state index < -0.39 is 0 Å². The molecule has 2 aromatic rings. The molecule has 3 nitrogen and oxygen atoms in total. The molecule has 0 aliphatic heterocycles. The van der Waals surface area contributed by atoms with Gasteiger partial charge in [-0.3, -0.25) is 4.79 Å². The molecule has 0 unspecified atom stereocenters. The van der Waals surface area contributed by atoms with Gasteiger partial charge in [-0.25, -0.2) is 0 Å². The van der Waals surface area contributed by atoms with Gasteiger partial charge in [0.15, 0.2) is 0 Å². The van der Waals surface area contributed by atoms with E-state index in [2.05, 4.69) is 10.3 Å². The lowest BCUT2D eigenvalue weighted by Crippen LogP contribution is -2.32. The molecule has 3 heteroatoms. The maximum Gasteiger partial charge on any atom is 0.253 e. The summed E-state index contributed by atoms with van der Waals surface area (Å²) in [6.07, 6.45) is 5.69. The highest BCUT2D eigenvalue weighted by Crippen LogP contribution is 2.25. The first kappa shape index (κ1) is 10.4. The van der Waals surface area contributed by atoms with Crippen molar-refractivity contribution in [3.8, 4) is 0 Å². The number of amides is 1. The molecule has 1 saturated carbocycles. The number of hydrogen-bond donors (Lipinski definition) is 2. The van der Waals surface area contributed by atoms with E-state index >= 15 is 0 Å². The van der Waals surface area contributed by atoms with Gasteiger partial charge < -0.3 is 10.3 Å². The van der Waals surface area contributed by atoms with E-state index in [1.807, 2.05) is 30.5 Å². The summed E-state index contributed by atoms with van der Waals surface area (Å²) in [5.74, 6) is 0.728. The third-order valence-electron chi connectivity index (χ3n) is 3.61. The lowest BCUT2D eigenvalue weighted by molar-refractivity contribution is 0.0940. The van der Waals surface area contributed by atoms with E-state index in [9.17, 15) is 4.79 Å². The van der Waals surface area contributed by atoms with Crippen molar-refractivity contribution < 1.29 is 4.79 Å². The summed E-state index contributed by atoms with van der Waals surface area (Å²) in [7, 11) is 0. The smallest absolute Gasteiger partial charge is 0.253 e. The number of hydrogen-bond acceptors (Lipinski definition) is 1. The van der Waals surface area contributed by atoms with Crippen molar-refractivity contribution in [1.82, 2.24) is 10.3 Å². The largest absolute Gasteiger partial charge is 0.361 e. The van der Waals surface area contributed by atoms with Gasteiger partial charge >= 0.3 is 0 Å². The summed E-state index contributed by atoms with van der Waals surface area (Å²) >= 11 is 0. The molecule has 1 heterocycles. The molecular weight excluding hydrogens is 212 g/mol. The zero-order valence-corrected chi connectivity index (χ0v) is 9.70. The van der Waals surface area contributed by atoms with Crippen molar-refractivity contribution in [1.29, 1.82) is 0 Å². The molecule has 1 aliphatic carbocycles. The third kappa shape index (κ3) is 1.93. The Morgan fingerprint density at radius 3 is 3.00 bits per heavy atom. The van der Waals surface area contributed by atoms with E-state index in [0.29, 0.717) is 5.92 Å². The van der Waals surface area contributed by atoms with E-state index in [1.54, 1.807) is 0 Å². The highest BCUT2D eigenvalue weighted by Gasteiger charge is 2.18. The van der Waals surface area contributed by atoms with Gasteiger partial charge in [-0.05, 0) is 30.9 Å². The standard InChI is InChI=1S/C14H16N2O/c17-14(16-9-10-3-1-4-10)12-6-2-5-11-7-8-15-13(11)12/h2,5-8,10,15H,1,3-4,9H2,(H,16,17). The van der Waals surface area contributed by atoms with Crippen LogP contribution < -0.4 is 5.32 Å². The average Bonchev–Trinajstić information content (AvgIpc) is 2.74. The number of rotatable bonds is 3. The zero-order chi connectivity index (χ0) is 11.7. The second kappa shape index (κ2) is 4.24. The number of H-pyrrole nitrogens is 1. The topological polar surface area (TPSA) is 44.9 Å². The van der Waals surface area contributed by atoms with Gasteiger partial charge in [-0.15, -0.1) is 0 Å². The number of carbonyl (C=O) groups is 1. The zero-order valence-electron chi connectivity index (χ0n) is 9.70. The maximum absolute atomic E-state index is 12.1. The highest BCUT2D eigenvalue weighted by atomic mass is 16.1. The highest BCUT2D eigenvalue weighted by molar-refractivity contribution is 6.05. The number of benzene rings is 1. The average molecular weight is 228 g/mol. The fourth-order valence-electron chi connectivity index (χ4n) is 2.30. The SMILES string of the molecule is O=C(NCC1CCC1)c1cccc2cc[nH]c12. The number of nitrogens with one attached hydrogen (secondary N) is 2. The number of aromatic amines is 1. The van der Waals surface area contributed by atoms with E-state index in [-0.39, 0.29) is 5.91 Å². The lowest BCUT2D eigenvalue weighted by Gasteiger charge is -2.25. The monoisotopic (exact) mass is 228 g/mol. The Bertz CT molecular complexity index is 540. The summed E-state index contributed by atoms with van der Waals surface area (Å²) < 4.78 is 0. The minimum Gasteiger partial charge on any atom is -0.361 e. The molecule has 88 valence electrons. The Kier molecular flexibility index (Phi) is 2.59. The van der Waals surface area contributed by atoms with Crippen molar-refractivity contribution in [2.45, 2.75) is 19.3 Å². The lowest BCUT2D eigenvalue weighted by atomic mass is 9.85. The van der Waals surface area contributed by atoms with Crippen molar-refractivity contribution in [3.05, 3.63) is 36.0 Å². The van der Waals surface area contributed by atoms with Crippen LogP contribution in [0.4, 0.5) is 0 Å². The summed E-state index contributed by atoms with van der Waals surface area (Å²) in [4.78, 5) is 15.2. The van der Waals surface area contributed by atoms with E-state index in [0.717, 1.165) is 23.0 Å². The van der Waals surface area contributed by atoms with E-state index in [1.165, 1.54) is 19.3 Å². The first-order chi connectivity index (χ1) is 8.34. The van der Waals surface area contributed by atoms with Crippen LogP contribution in [0.2, 0.25) is 0 Å². The minimum absolute atomic E-state index is 0.0324. The van der Waals surface area contributed by atoms with Crippen LogP contribution in [0.1, 0.15) is 29.6 Å². The quantitative estimate of drug-likeness (QED) is 0.833. The molecule has 0 radical (unpaired) electrons. The molecular formula is C14H16N2O. The summed E-state index contributed by atoms with van der Waals surface area (Å²) in [5.41, 5.74) is 1.67. The Balaban J connectivity index is 1.77. The van der Waals surface area contributed by atoms with Crippen molar-refractivity contribution in [2.75, 3.05) is 6.54 Å². The number of aromatic nitrogens is 1. The molecule has 0 atom stereocenters. The fourth-order valence-corrected chi connectivity index (χ4v) is 2.30. The van der Waals surface area contributed by atoms with Gasteiger partial charge in [0, 0.05) is 18.1 Å². The predicted octanol–water partition coefficient (Wildman–Crippen LogP) is 2.70. The molecule has 2 N–H and O–H groups in total. The molecule has 0 saturated heterocycles. The van der Waals surface area contributed by atoms with Crippen LogP contribution in [-0.2, 0) is 0 Å². The maximum atomic E-state index is 12.1. The van der Waals surface area contributed by atoms with Crippen molar-refractivity contribution in [2.24, 2.45) is 5.92 Å². The van der Waals surface area contributed by atoms with Crippen LogP contribution in [0.15, 0.2) is 30.5 Å². The predicted molar refractivity (Wildman–Crippen MR) is 68.0 cm³/mol. The molecule has 0 bridgehead atoms. The van der Waals surface area contributed by atoms with Crippen LogP contribution in [0.3, 0.4) is 0 Å². The Hall–Kier alpha value is -1.77. The molecule has 0 spiro atoms. The Morgan fingerprint density at radius 1 is 1.35 bits per heavy atom. The van der Waals surface area contributed by atoms with Crippen LogP contribution in [0.25, 0.3) is 10.9 Å². The van der Waals surface area contributed by atoms with Gasteiger partial charge in [-0.2, -0.15) is 0 Å². The first-order valence-corrected chi connectivity index (χ1v) is 6.19. The number of carbonyl (C=O) groups excluding carboxylic acids is 1. The Labute approximate surface area is 100 Å². The summed E-state index contributed by atoms with van der Waals surface area (Å²) in [5, 5.41) is 4.11. The molecule has 1 aliphatic rings. The van der Waals surface area contributed by atoms with Gasteiger partial charge in [0.2, 0.25) is 0 Å². The van der Waals surface area contributed by atoms with Crippen LogP contribution in [0.5, 0.6) is 0 Å². The number of para-hydroxylation sites is 1. The molecule has 1 aromatic carbocycles. The van der Waals surface area contributed by atoms with Crippen LogP contribution >= 0.6 is 0 Å². The van der Waals surface area contributed by atoms with Crippen LogP contribution in [-0.4, -0.2) is 17.4 Å². The normalized spacial score (nSPS) is 15.8. The van der Waals surface area contributed by atoms with Gasteiger partial charge in [0.25, 0.3) is 5.91 Å². The minimum atomic E-state index is 0.0324. The van der Waals surface area contributed by atoms with Crippen LogP contribution in [0, 0.1) is 5.92 Å². The molecule has 3 rings (SSSR count). The molecule has 1 amide bonds. The second-order valence-electron chi connectivity index (χ2n) is 4.75. The Morgan fingerprint density at radius 2 is 2.24 bits per heavy atom. The second-order valence-corrected chi connectivity index (χ2v) is 4.75. The summed E-state index contributed by atoms with van der Waals surface area (Å²) in [6, 6.07) is 7.79. The van der Waals surface area contributed by atoms with Crippen molar-refractivity contribution >= 4 is 16.8 Å². The summed E-state index contributed by atoms with van der Waals surface area (Å²) in [6.45, 7) is 0.815. The number of fused-ring (bicyclic) bond motifs is 1.